The zero-order chi connectivity index (χ0) is 9.31. The number of pyridine rings is 1. The second-order valence-electron chi connectivity index (χ2n) is 3.88. The summed E-state index contributed by atoms with van der Waals surface area (Å²) >= 11 is 5.69. The van der Waals surface area contributed by atoms with E-state index in [1.54, 1.807) is 0 Å². The van der Waals surface area contributed by atoms with Crippen LogP contribution in [0.3, 0.4) is 0 Å². The first kappa shape index (κ1) is 8.97. The highest BCUT2D eigenvalue weighted by Gasteiger charge is 2.32. The van der Waals surface area contributed by atoms with Crippen LogP contribution < -0.4 is 5.73 Å². The summed E-state index contributed by atoms with van der Waals surface area (Å²) in [5.74, 6) is 0. The fourth-order valence-electron chi connectivity index (χ4n) is 1.73. The van der Waals surface area contributed by atoms with Crippen molar-refractivity contribution in [3.05, 3.63) is 29.0 Å². The van der Waals surface area contributed by atoms with E-state index in [1.165, 1.54) is 12.0 Å². The lowest BCUT2D eigenvalue weighted by Gasteiger charge is -2.38. The number of nitrogens with two attached hydrogens (primary N) is 1. The van der Waals surface area contributed by atoms with Gasteiger partial charge in [-0.1, -0.05) is 17.7 Å². The van der Waals surface area contributed by atoms with Gasteiger partial charge in [0.05, 0.1) is 0 Å². The number of hydrogen-bond acceptors (Lipinski definition) is 2. The van der Waals surface area contributed by atoms with E-state index in [-0.39, 0.29) is 5.54 Å². The molecule has 2 nitrogen and oxygen atoms in total. The third-order valence-corrected chi connectivity index (χ3v) is 2.92. The molecule has 70 valence electrons. The number of hydrogen-bond donors (Lipinski definition) is 1. The molecule has 0 radical (unpaired) electrons. The van der Waals surface area contributed by atoms with Gasteiger partial charge in [0, 0.05) is 11.7 Å². The molecule has 3 heteroatoms. The molecule has 0 aromatic carbocycles. The zero-order valence-corrected chi connectivity index (χ0v) is 8.22. The predicted molar refractivity (Wildman–Crippen MR) is 53.7 cm³/mol. The highest BCUT2D eigenvalue weighted by atomic mass is 35.5. The molecule has 1 heterocycles. The fourth-order valence-corrected chi connectivity index (χ4v) is 1.84. The summed E-state index contributed by atoms with van der Waals surface area (Å²) in [5.41, 5.74) is 7.34. The second kappa shape index (κ2) is 3.28. The Bertz CT molecular complexity index is 290. The maximum atomic E-state index is 6.11. The van der Waals surface area contributed by atoms with Gasteiger partial charge in [-0.2, -0.15) is 0 Å². The summed E-state index contributed by atoms with van der Waals surface area (Å²) in [6.45, 7) is 0. The van der Waals surface area contributed by atoms with Crippen molar-refractivity contribution in [2.75, 3.05) is 0 Å². The molecule has 1 aromatic heterocycles. The van der Waals surface area contributed by atoms with Gasteiger partial charge in [-0.15, -0.1) is 0 Å². The summed E-state index contributed by atoms with van der Waals surface area (Å²) in [4.78, 5) is 4.03. The second-order valence-corrected chi connectivity index (χ2v) is 4.27. The van der Waals surface area contributed by atoms with Crippen molar-refractivity contribution >= 4 is 11.6 Å². The summed E-state index contributed by atoms with van der Waals surface area (Å²) < 4.78 is 0. The maximum absolute atomic E-state index is 6.11. The normalized spacial score (nSPS) is 19.5. The van der Waals surface area contributed by atoms with Crippen LogP contribution in [0, 0.1) is 0 Å². The van der Waals surface area contributed by atoms with Gasteiger partial charge in [-0.25, -0.2) is 4.98 Å². The summed E-state index contributed by atoms with van der Waals surface area (Å²) in [6, 6.07) is 3.82. The first-order chi connectivity index (χ1) is 6.18. The van der Waals surface area contributed by atoms with Crippen molar-refractivity contribution in [2.45, 2.75) is 31.2 Å². The van der Waals surface area contributed by atoms with Gasteiger partial charge >= 0.3 is 0 Å². The van der Waals surface area contributed by atoms with Crippen LogP contribution in [0.4, 0.5) is 0 Å². The Balaban J connectivity index is 2.05. The molecule has 0 bridgehead atoms. The standard InChI is InChI=1S/C10H13ClN2/c11-9-3-2-8(7-13-9)6-10(12)4-1-5-10/h2-3,7H,1,4-6,12H2. The van der Waals surface area contributed by atoms with Crippen LogP contribution in [0.15, 0.2) is 18.3 Å². The van der Waals surface area contributed by atoms with Crippen LogP contribution in [-0.4, -0.2) is 10.5 Å². The molecule has 0 unspecified atom stereocenters. The van der Waals surface area contributed by atoms with E-state index in [0.29, 0.717) is 5.15 Å². The van der Waals surface area contributed by atoms with E-state index >= 15 is 0 Å². The van der Waals surface area contributed by atoms with Crippen LogP contribution in [0.2, 0.25) is 5.15 Å². The molecule has 1 aliphatic carbocycles. The molecular weight excluding hydrogens is 184 g/mol. The highest BCUT2D eigenvalue weighted by Crippen LogP contribution is 2.32. The van der Waals surface area contributed by atoms with Crippen molar-refractivity contribution < 1.29 is 0 Å². The van der Waals surface area contributed by atoms with Crippen molar-refractivity contribution in [1.29, 1.82) is 0 Å². The lowest BCUT2D eigenvalue weighted by molar-refractivity contribution is 0.247. The molecule has 1 aromatic rings. The molecule has 2 rings (SSSR count). The number of halogens is 1. The number of rotatable bonds is 2. The molecule has 13 heavy (non-hydrogen) atoms. The Morgan fingerprint density at radius 3 is 2.69 bits per heavy atom. The molecule has 0 saturated heterocycles. The Morgan fingerprint density at radius 2 is 2.23 bits per heavy atom. The van der Waals surface area contributed by atoms with E-state index in [0.717, 1.165) is 19.3 Å². The predicted octanol–water partition coefficient (Wildman–Crippen LogP) is 2.16. The summed E-state index contributed by atoms with van der Waals surface area (Å²) in [6.07, 6.45) is 6.27. The van der Waals surface area contributed by atoms with E-state index in [1.807, 2.05) is 18.3 Å². The molecule has 0 spiro atoms. The molecule has 1 saturated carbocycles. The molecule has 0 amide bonds. The fraction of sp³-hybridized carbons (Fsp3) is 0.500. The summed E-state index contributed by atoms with van der Waals surface area (Å²) in [7, 11) is 0. The molecular formula is C10H13ClN2. The van der Waals surface area contributed by atoms with E-state index < -0.39 is 0 Å². The third-order valence-electron chi connectivity index (χ3n) is 2.69. The first-order valence-corrected chi connectivity index (χ1v) is 4.95. The molecule has 1 fully saturated rings. The molecule has 1 aliphatic rings. The van der Waals surface area contributed by atoms with Crippen LogP contribution in [0.25, 0.3) is 0 Å². The minimum Gasteiger partial charge on any atom is -0.325 e. The van der Waals surface area contributed by atoms with Gasteiger partial charge in [0.2, 0.25) is 0 Å². The van der Waals surface area contributed by atoms with Gasteiger partial charge in [0.1, 0.15) is 5.15 Å². The van der Waals surface area contributed by atoms with Crippen molar-refractivity contribution in [1.82, 2.24) is 4.98 Å². The minimum atomic E-state index is 0.0372. The Labute approximate surface area is 83.1 Å². The van der Waals surface area contributed by atoms with Gasteiger partial charge in [-0.05, 0) is 37.3 Å². The van der Waals surface area contributed by atoms with Crippen molar-refractivity contribution in [3.63, 3.8) is 0 Å². The molecule has 2 N–H and O–H groups in total. The highest BCUT2D eigenvalue weighted by molar-refractivity contribution is 6.29. The first-order valence-electron chi connectivity index (χ1n) is 4.57. The van der Waals surface area contributed by atoms with Crippen LogP contribution in [-0.2, 0) is 6.42 Å². The Morgan fingerprint density at radius 1 is 1.46 bits per heavy atom. The van der Waals surface area contributed by atoms with Gasteiger partial charge in [0.25, 0.3) is 0 Å². The average molecular weight is 197 g/mol. The van der Waals surface area contributed by atoms with Gasteiger partial charge in [-0.3, -0.25) is 0 Å². The Hall–Kier alpha value is -0.600. The molecule has 0 aliphatic heterocycles. The van der Waals surface area contributed by atoms with Crippen LogP contribution in [0.5, 0.6) is 0 Å². The van der Waals surface area contributed by atoms with E-state index in [4.69, 9.17) is 17.3 Å². The van der Waals surface area contributed by atoms with Crippen molar-refractivity contribution in [2.24, 2.45) is 5.73 Å². The van der Waals surface area contributed by atoms with Crippen LogP contribution in [0.1, 0.15) is 24.8 Å². The zero-order valence-electron chi connectivity index (χ0n) is 7.46. The largest absolute Gasteiger partial charge is 0.325 e. The monoisotopic (exact) mass is 196 g/mol. The van der Waals surface area contributed by atoms with Crippen molar-refractivity contribution in [3.8, 4) is 0 Å². The van der Waals surface area contributed by atoms with Crippen LogP contribution >= 0.6 is 11.6 Å². The molecule has 0 atom stereocenters. The average Bonchev–Trinajstić information content (AvgIpc) is 2.06. The summed E-state index contributed by atoms with van der Waals surface area (Å²) in [5, 5.41) is 0.545. The third kappa shape index (κ3) is 2.01. The Kier molecular flexibility index (Phi) is 2.26. The van der Waals surface area contributed by atoms with E-state index in [2.05, 4.69) is 4.98 Å². The van der Waals surface area contributed by atoms with Gasteiger partial charge in [0.15, 0.2) is 0 Å². The topological polar surface area (TPSA) is 38.9 Å². The maximum Gasteiger partial charge on any atom is 0.129 e. The lowest BCUT2D eigenvalue weighted by atomic mass is 9.74. The quantitative estimate of drug-likeness (QED) is 0.737. The van der Waals surface area contributed by atoms with E-state index in [9.17, 15) is 0 Å². The SMILES string of the molecule is NC1(Cc2ccc(Cl)nc2)CCC1. The number of nitrogens with zero attached hydrogens (tertiary/aromatic N) is 1. The lowest BCUT2D eigenvalue weighted by Crippen LogP contribution is -2.48. The van der Waals surface area contributed by atoms with Gasteiger partial charge < -0.3 is 5.73 Å². The smallest absolute Gasteiger partial charge is 0.129 e. The minimum absolute atomic E-state index is 0.0372. The number of aromatic nitrogens is 1.